The third-order valence-electron chi connectivity index (χ3n) is 2.05. The lowest BCUT2D eigenvalue weighted by Gasteiger charge is -2.03. The second-order valence-electron chi connectivity index (χ2n) is 3.18. The fourth-order valence-electron chi connectivity index (χ4n) is 1.27. The van der Waals surface area contributed by atoms with E-state index in [2.05, 4.69) is 20.5 Å². The molecule has 2 rings (SSSR count). The number of imidazole rings is 1. The maximum Gasteiger partial charge on any atom is 0.372 e. The molecule has 0 spiro atoms. The lowest BCUT2D eigenvalue weighted by Crippen LogP contribution is -2.10. The third kappa shape index (κ3) is 2.61. The molecule has 2 aromatic rings. The molecule has 0 unspecified atom stereocenters. The van der Waals surface area contributed by atoms with Crippen molar-refractivity contribution in [3.8, 4) is 0 Å². The number of hydrogen-bond acceptors (Lipinski definition) is 6. The van der Waals surface area contributed by atoms with Gasteiger partial charge in [0.2, 0.25) is 11.0 Å². The zero-order valence-electron chi connectivity index (χ0n) is 9.02. The monoisotopic (exact) mass is 254 g/mol. The van der Waals surface area contributed by atoms with Gasteiger partial charge in [0.1, 0.15) is 0 Å². The van der Waals surface area contributed by atoms with Crippen LogP contribution in [0.3, 0.4) is 0 Å². The molecule has 90 valence electrons. The van der Waals surface area contributed by atoms with Crippen LogP contribution in [0, 0.1) is 0 Å². The molecule has 0 aliphatic rings. The first kappa shape index (κ1) is 11.6. The van der Waals surface area contributed by atoms with Crippen LogP contribution in [0.5, 0.6) is 0 Å². The second-order valence-corrected chi connectivity index (χ2v) is 4.24. The van der Waals surface area contributed by atoms with E-state index < -0.39 is 5.97 Å². The molecule has 0 saturated carbocycles. The normalized spacial score (nSPS) is 10.6. The summed E-state index contributed by atoms with van der Waals surface area (Å²) in [6.45, 7) is 0.541. The largest absolute Gasteiger partial charge is 0.475 e. The molecule has 0 saturated heterocycles. The summed E-state index contributed by atoms with van der Waals surface area (Å²) >= 11 is 1.46. The highest BCUT2D eigenvalue weighted by molar-refractivity contribution is 7.99. The zero-order chi connectivity index (χ0) is 12.3. The first-order valence-corrected chi connectivity index (χ1v) is 5.76. The van der Waals surface area contributed by atoms with E-state index in [1.54, 1.807) is 22.5 Å². The molecule has 0 aliphatic carbocycles. The summed E-state index contributed by atoms with van der Waals surface area (Å²) in [6.07, 6.45) is 3.11. The van der Waals surface area contributed by atoms with Crippen molar-refractivity contribution in [1.29, 1.82) is 0 Å². The van der Waals surface area contributed by atoms with Gasteiger partial charge in [0.05, 0.1) is 0 Å². The van der Waals surface area contributed by atoms with Gasteiger partial charge < -0.3 is 9.67 Å². The highest BCUT2D eigenvalue weighted by Gasteiger charge is 2.10. The van der Waals surface area contributed by atoms with Crippen molar-refractivity contribution in [1.82, 2.24) is 29.8 Å². The van der Waals surface area contributed by atoms with Crippen LogP contribution < -0.4 is 0 Å². The van der Waals surface area contributed by atoms with Crippen molar-refractivity contribution in [2.75, 3.05) is 5.75 Å². The summed E-state index contributed by atoms with van der Waals surface area (Å²) in [5.41, 5.74) is 0. The van der Waals surface area contributed by atoms with Gasteiger partial charge in [-0.2, -0.15) is 0 Å². The molecule has 8 nitrogen and oxygen atoms in total. The Labute approximate surface area is 101 Å². The molecule has 0 bridgehead atoms. The summed E-state index contributed by atoms with van der Waals surface area (Å²) < 4.78 is 3.15. The van der Waals surface area contributed by atoms with E-state index in [0.29, 0.717) is 17.5 Å². The lowest BCUT2D eigenvalue weighted by atomic mass is 10.6. The molecule has 0 aliphatic heterocycles. The molecule has 9 heteroatoms. The highest BCUT2D eigenvalue weighted by Crippen LogP contribution is 2.13. The first-order valence-electron chi connectivity index (χ1n) is 4.78. The van der Waals surface area contributed by atoms with Crippen LogP contribution in [0.25, 0.3) is 0 Å². The maximum absolute atomic E-state index is 10.8. The van der Waals surface area contributed by atoms with Crippen molar-refractivity contribution in [2.24, 2.45) is 7.05 Å². The summed E-state index contributed by atoms with van der Waals surface area (Å²) in [5, 5.41) is 20.6. The van der Waals surface area contributed by atoms with Crippen LogP contribution in [0.2, 0.25) is 0 Å². The second kappa shape index (κ2) is 4.95. The number of rotatable bonds is 5. The van der Waals surface area contributed by atoms with Crippen molar-refractivity contribution >= 4 is 17.7 Å². The Kier molecular flexibility index (Phi) is 3.38. The van der Waals surface area contributed by atoms with Crippen LogP contribution in [0.15, 0.2) is 17.6 Å². The molecule has 0 fully saturated rings. The predicted octanol–water partition coefficient (Wildman–Crippen LogP) is -0.103. The number of hydrogen-bond donors (Lipinski definition) is 1. The molecule has 0 radical (unpaired) electrons. The predicted molar refractivity (Wildman–Crippen MR) is 58.7 cm³/mol. The molecule has 2 aromatic heterocycles. The topological polar surface area (TPSA) is 98.7 Å². The number of aryl methyl sites for hydroxylation is 2. The number of aromatic nitrogens is 6. The van der Waals surface area contributed by atoms with Gasteiger partial charge in [-0.1, -0.05) is 11.8 Å². The molecular formula is C8H10N6O2S. The minimum Gasteiger partial charge on any atom is -0.475 e. The van der Waals surface area contributed by atoms with Gasteiger partial charge in [-0.25, -0.2) is 14.5 Å². The van der Waals surface area contributed by atoms with Crippen LogP contribution in [0.1, 0.15) is 10.6 Å². The van der Waals surface area contributed by atoms with E-state index in [0.717, 1.165) is 0 Å². The lowest BCUT2D eigenvalue weighted by molar-refractivity contribution is 0.0678. The Bertz CT molecular complexity index is 522. The molecule has 0 amide bonds. The molecule has 0 atom stereocenters. The first-order chi connectivity index (χ1) is 8.18. The SMILES string of the molecule is Cn1nnnc1SCCn1ccnc1C(=O)O. The smallest absolute Gasteiger partial charge is 0.372 e. The summed E-state index contributed by atoms with van der Waals surface area (Å²) in [7, 11) is 1.75. The fourth-order valence-corrected chi connectivity index (χ4v) is 2.05. The van der Waals surface area contributed by atoms with Gasteiger partial charge in [0.25, 0.3) is 0 Å². The van der Waals surface area contributed by atoms with Crippen molar-refractivity contribution in [3.63, 3.8) is 0 Å². The quantitative estimate of drug-likeness (QED) is 0.743. The third-order valence-corrected chi connectivity index (χ3v) is 3.04. The summed E-state index contributed by atoms with van der Waals surface area (Å²) in [4.78, 5) is 14.6. The van der Waals surface area contributed by atoms with Gasteiger partial charge in [0, 0.05) is 31.7 Å². The average molecular weight is 254 g/mol. The Balaban J connectivity index is 1.92. The van der Waals surface area contributed by atoms with Gasteiger partial charge in [-0.05, 0) is 10.4 Å². The summed E-state index contributed by atoms with van der Waals surface area (Å²) in [6, 6.07) is 0. The maximum atomic E-state index is 10.8. The standard InChI is InChI=1S/C8H10N6O2S/c1-13-8(10-11-12-13)17-5-4-14-3-2-9-6(14)7(15)16/h2-3H,4-5H2,1H3,(H,15,16). The van der Waals surface area contributed by atoms with Crippen molar-refractivity contribution in [2.45, 2.75) is 11.7 Å². The van der Waals surface area contributed by atoms with E-state index in [-0.39, 0.29) is 5.82 Å². The van der Waals surface area contributed by atoms with Crippen molar-refractivity contribution in [3.05, 3.63) is 18.2 Å². The van der Waals surface area contributed by atoms with E-state index >= 15 is 0 Å². The van der Waals surface area contributed by atoms with E-state index in [9.17, 15) is 4.79 Å². The van der Waals surface area contributed by atoms with Gasteiger partial charge in [-0.15, -0.1) is 5.10 Å². The van der Waals surface area contributed by atoms with E-state index in [1.165, 1.54) is 18.0 Å². The van der Waals surface area contributed by atoms with Gasteiger partial charge in [-0.3, -0.25) is 0 Å². The van der Waals surface area contributed by atoms with Crippen LogP contribution in [0.4, 0.5) is 0 Å². The van der Waals surface area contributed by atoms with Crippen molar-refractivity contribution < 1.29 is 9.90 Å². The average Bonchev–Trinajstić information content (AvgIpc) is 2.88. The zero-order valence-corrected chi connectivity index (χ0v) is 9.83. The van der Waals surface area contributed by atoms with E-state index in [1.807, 2.05) is 0 Å². The number of aromatic carboxylic acids is 1. The minimum absolute atomic E-state index is 0.0432. The number of tetrazole rings is 1. The highest BCUT2D eigenvalue weighted by atomic mass is 32.2. The number of nitrogens with zero attached hydrogens (tertiary/aromatic N) is 6. The van der Waals surface area contributed by atoms with Gasteiger partial charge in [0.15, 0.2) is 0 Å². The molecule has 2 heterocycles. The Hall–Kier alpha value is -1.90. The van der Waals surface area contributed by atoms with Gasteiger partial charge >= 0.3 is 5.97 Å². The fraction of sp³-hybridized carbons (Fsp3) is 0.375. The van der Waals surface area contributed by atoms with Crippen LogP contribution >= 0.6 is 11.8 Å². The number of carbonyl (C=O) groups is 1. The molecule has 1 N–H and O–H groups in total. The number of carboxylic acid groups (broad SMARTS) is 1. The Morgan fingerprint density at radius 3 is 3.06 bits per heavy atom. The Morgan fingerprint density at radius 1 is 1.59 bits per heavy atom. The molecule has 17 heavy (non-hydrogen) atoms. The number of carboxylic acids is 1. The Morgan fingerprint density at radius 2 is 2.41 bits per heavy atom. The van der Waals surface area contributed by atoms with Crippen LogP contribution in [-0.4, -0.2) is 46.6 Å². The number of thioether (sulfide) groups is 1. The van der Waals surface area contributed by atoms with E-state index in [4.69, 9.17) is 5.11 Å². The minimum atomic E-state index is -1.03. The summed E-state index contributed by atoms with van der Waals surface area (Å²) in [5.74, 6) is -0.313. The molecule has 0 aromatic carbocycles. The molecular weight excluding hydrogens is 244 g/mol. The van der Waals surface area contributed by atoms with Crippen LogP contribution in [-0.2, 0) is 13.6 Å².